The molecule has 7 heteroatoms. The smallest absolute Gasteiger partial charge is 0.409 e. The lowest BCUT2D eigenvalue weighted by molar-refractivity contribution is -0.138. The normalized spacial score (nSPS) is 11.0. The molecule has 0 aromatic heterocycles. The Hall–Kier alpha value is -1.27. The summed E-state index contributed by atoms with van der Waals surface area (Å²) >= 11 is 0. The Morgan fingerprint density at radius 2 is 2.11 bits per heavy atom. The Labute approximate surface area is 113 Å². The van der Waals surface area contributed by atoms with Gasteiger partial charge in [-0.1, -0.05) is 12.7 Å². The molecule has 6 nitrogen and oxygen atoms in total. The second-order valence-corrected chi connectivity index (χ2v) is 3.73. The van der Waals surface area contributed by atoms with E-state index in [2.05, 4.69) is 6.58 Å². The van der Waals surface area contributed by atoms with Gasteiger partial charge in [-0.25, -0.2) is 4.79 Å². The molecule has 1 atom stereocenters. The first-order valence-corrected chi connectivity index (χ1v) is 5.46. The van der Waals surface area contributed by atoms with Gasteiger partial charge >= 0.3 is 12.1 Å². The van der Waals surface area contributed by atoms with Crippen molar-refractivity contribution in [1.29, 1.82) is 0 Å². The van der Waals surface area contributed by atoms with Gasteiger partial charge in [0.05, 0.1) is 0 Å². The number of halogens is 1. The third kappa shape index (κ3) is 8.83. The minimum atomic E-state index is -0.997. The number of nitrogens with zero attached hydrogens (tertiary/aromatic N) is 1. The molecule has 0 aromatic rings. The summed E-state index contributed by atoms with van der Waals surface area (Å²) in [5.74, 6) is -0.997. The van der Waals surface area contributed by atoms with Crippen LogP contribution >= 0.6 is 12.4 Å². The number of aliphatic carboxylic acids is 1. The van der Waals surface area contributed by atoms with E-state index in [4.69, 9.17) is 15.6 Å². The number of hydrogen-bond acceptors (Lipinski definition) is 4. The fourth-order valence-corrected chi connectivity index (χ4v) is 1.17. The van der Waals surface area contributed by atoms with Crippen LogP contribution in [0.3, 0.4) is 0 Å². The van der Waals surface area contributed by atoms with Gasteiger partial charge in [0.25, 0.3) is 0 Å². The standard InChI is InChI=1S/C11H20N2O4.ClH/c1-3-8-17-11(16)13(2)7-5-4-6-9(12)10(14)15;/h3,9H,1,4-8,12H2,2H3,(H,14,15);1H/t9-;/m0./s1. The number of carbonyl (C=O) groups is 2. The predicted molar refractivity (Wildman–Crippen MR) is 70.9 cm³/mol. The van der Waals surface area contributed by atoms with Crippen LogP contribution in [0.2, 0.25) is 0 Å². The molecule has 0 bridgehead atoms. The van der Waals surface area contributed by atoms with Crippen molar-refractivity contribution in [3.05, 3.63) is 12.7 Å². The third-order valence-corrected chi connectivity index (χ3v) is 2.21. The third-order valence-electron chi connectivity index (χ3n) is 2.21. The first-order valence-electron chi connectivity index (χ1n) is 5.46. The SMILES string of the molecule is C=CCOC(=O)N(C)CCCC[C@H](N)C(=O)O.Cl. The molecule has 0 rings (SSSR count). The van der Waals surface area contributed by atoms with Gasteiger partial charge in [0.1, 0.15) is 12.6 Å². The highest BCUT2D eigenvalue weighted by atomic mass is 35.5. The molecule has 0 heterocycles. The zero-order valence-electron chi connectivity index (χ0n) is 10.5. The zero-order valence-corrected chi connectivity index (χ0v) is 11.3. The summed E-state index contributed by atoms with van der Waals surface area (Å²) in [7, 11) is 1.63. The van der Waals surface area contributed by atoms with Crippen LogP contribution in [0, 0.1) is 0 Å². The highest BCUT2D eigenvalue weighted by molar-refractivity contribution is 5.85. The molecule has 0 radical (unpaired) electrons. The molecule has 0 saturated carbocycles. The summed E-state index contributed by atoms with van der Waals surface area (Å²) in [6.45, 7) is 4.14. The Bertz CT molecular complexity index is 274. The maximum absolute atomic E-state index is 11.3. The van der Waals surface area contributed by atoms with Crippen molar-refractivity contribution in [2.24, 2.45) is 5.73 Å². The fraction of sp³-hybridized carbons (Fsp3) is 0.636. The predicted octanol–water partition coefficient (Wildman–Crippen LogP) is 1.24. The highest BCUT2D eigenvalue weighted by Gasteiger charge is 2.12. The van der Waals surface area contributed by atoms with Crippen molar-refractivity contribution >= 4 is 24.5 Å². The average Bonchev–Trinajstić information content (AvgIpc) is 2.30. The minimum absolute atomic E-state index is 0. The van der Waals surface area contributed by atoms with E-state index in [0.717, 1.165) is 0 Å². The van der Waals surface area contributed by atoms with Gasteiger partial charge in [0.2, 0.25) is 0 Å². The Morgan fingerprint density at radius 1 is 1.50 bits per heavy atom. The van der Waals surface area contributed by atoms with Gasteiger partial charge < -0.3 is 20.5 Å². The fourth-order valence-electron chi connectivity index (χ4n) is 1.17. The van der Waals surface area contributed by atoms with Crippen LogP contribution in [0.5, 0.6) is 0 Å². The van der Waals surface area contributed by atoms with Crippen LogP contribution in [0.15, 0.2) is 12.7 Å². The van der Waals surface area contributed by atoms with E-state index in [9.17, 15) is 9.59 Å². The van der Waals surface area contributed by atoms with E-state index in [0.29, 0.717) is 25.8 Å². The molecule has 0 aliphatic heterocycles. The van der Waals surface area contributed by atoms with Crippen molar-refractivity contribution in [3.63, 3.8) is 0 Å². The largest absolute Gasteiger partial charge is 0.480 e. The Balaban J connectivity index is 0. The van der Waals surface area contributed by atoms with E-state index in [1.165, 1.54) is 11.0 Å². The van der Waals surface area contributed by atoms with Gasteiger partial charge in [0.15, 0.2) is 0 Å². The number of unbranched alkanes of at least 4 members (excludes halogenated alkanes) is 1. The van der Waals surface area contributed by atoms with E-state index in [-0.39, 0.29) is 19.0 Å². The quantitative estimate of drug-likeness (QED) is 0.515. The molecule has 0 aromatic carbocycles. The summed E-state index contributed by atoms with van der Waals surface area (Å²) in [4.78, 5) is 23.2. The molecule has 18 heavy (non-hydrogen) atoms. The number of ether oxygens (including phenoxy) is 1. The Morgan fingerprint density at radius 3 is 2.61 bits per heavy atom. The highest BCUT2D eigenvalue weighted by Crippen LogP contribution is 2.01. The average molecular weight is 281 g/mol. The second-order valence-electron chi connectivity index (χ2n) is 3.73. The molecular formula is C11H21ClN2O4. The molecule has 3 N–H and O–H groups in total. The van der Waals surface area contributed by atoms with Crippen LogP contribution in [-0.4, -0.2) is 48.3 Å². The summed E-state index contributed by atoms with van der Waals surface area (Å²) in [6.07, 6.45) is 2.85. The summed E-state index contributed by atoms with van der Waals surface area (Å²) < 4.78 is 4.82. The first-order chi connectivity index (χ1) is 7.99. The number of carbonyl (C=O) groups excluding carboxylic acids is 1. The van der Waals surface area contributed by atoms with Gasteiger partial charge in [-0.2, -0.15) is 0 Å². The number of amides is 1. The van der Waals surface area contributed by atoms with Crippen LogP contribution in [-0.2, 0) is 9.53 Å². The van der Waals surface area contributed by atoms with Crippen molar-refractivity contribution < 1.29 is 19.4 Å². The van der Waals surface area contributed by atoms with Gasteiger partial charge in [-0.3, -0.25) is 4.79 Å². The van der Waals surface area contributed by atoms with Crippen LogP contribution in [0.1, 0.15) is 19.3 Å². The van der Waals surface area contributed by atoms with Crippen molar-refractivity contribution in [3.8, 4) is 0 Å². The topological polar surface area (TPSA) is 92.9 Å². The molecule has 0 fully saturated rings. The molecule has 106 valence electrons. The summed E-state index contributed by atoms with van der Waals surface area (Å²) in [5.41, 5.74) is 5.34. The van der Waals surface area contributed by atoms with E-state index in [1.54, 1.807) is 7.05 Å². The second kappa shape index (κ2) is 10.9. The lowest BCUT2D eigenvalue weighted by Crippen LogP contribution is -2.31. The molecule has 1 amide bonds. The van der Waals surface area contributed by atoms with Crippen molar-refractivity contribution in [2.75, 3.05) is 20.2 Å². The monoisotopic (exact) mass is 280 g/mol. The molecule has 0 aliphatic rings. The van der Waals surface area contributed by atoms with E-state index >= 15 is 0 Å². The molecule has 0 saturated heterocycles. The number of carboxylic acids is 1. The molecular weight excluding hydrogens is 260 g/mol. The number of rotatable bonds is 8. The van der Waals surface area contributed by atoms with Crippen LogP contribution < -0.4 is 5.73 Å². The van der Waals surface area contributed by atoms with Gasteiger partial charge in [0, 0.05) is 13.6 Å². The van der Waals surface area contributed by atoms with E-state index in [1.807, 2.05) is 0 Å². The van der Waals surface area contributed by atoms with Gasteiger partial charge in [-0.05, 0) is 19.3 Å². The lowest BCUT2D eigenvalue weighted by atomic mass is 10.1. The number of hydrogen-bond donors (Lipinski definition) is 2. The Kier molecular flexibility index (Phi) is 11.5. The van der Waals surface area contributed by atoms with Crippen LogP contribution in [0.4, 0.5) is 4.79 Å². The first kappa shape index (κ1) is 19.1. The molecule has 0 unspecified atom stereocenters. The van der Waals surface area contributed by atoms with Gasteiger partial charge in [-0.15, -0.1) is 12.4 Å². The molecule has 0 spiro atoms. The van der Waals surface area contributed by atoms with Crippen molar-refractivity contribution in [1.82, 2.24) is 4.90 Å². The van der Waals surface area contributed by atoms with Crippen molar-refractivity contribution in [2.45, 2.75) is 25.3 Å². The summed E-state index contributed by atoms with van der Waals surface area (Å²) in [6, 6.07) is -0.826. The zero-order chi connectivity index (χ0) is 13.3. The minimum Gasteiger partial charge on any atom is -0.480 e. The van der Waals surface area contributed by atoms with Crippen LogP contribution in [0.25, 0.3) is 0 Å². The van der Waals surface area contributed by atoms with E-state index < -0.39 is 18.1 Å². The number of carboxylic acid groups (broad SMARTS) is 1. The lowest BCUT2D eigenvalue weighted by Gasteiger charge is -2.16. The molecule has 0 aliphatic carbocycles. The maximum Gasteiger partial charge on any atom is 0.409 e. The maximum atomic E-state index is 11.3. The number of nitrogens with two attached hydrogens (primary N) is 1. The summed E-state index contributed by atoms with van der Waals surface area (Å²) in [5, 5.41) is 8.56.